The third-order valence-electron chi connectivity index (χ3n) is 3.37. The Balaban J connectivity index is 2.05. The van der Waals surface area contributed by atoms with Crippen molar-refractivity contribution in [2.24, 2.45) is 5.73 Å². The molecule has 0 unspecified atom stereocenters. The maximum atomic E-state index is 9.50. The monoisotopic (exact) mass is 235 g/mol. The van der Waals surface area contributed by atoms with Crippen LogP contribution in [0.15, 0.2) is 24.3 Å². The Morgan fingerprint density at radius 2 is 2.06 bits per heavy atom. The minimum atomic E-state index is -0.405. The van der Waals surface area contributed by atoms with E-state index in [-0.39, 0.29) is 6.10 Å². The van der Waals surface area contributed by atoms with Crippen molar-refractivity contribution in [3.05, 3.63) is 29.8 Å². The maximum Gasteiger partial charge on any atom is 0.0679 e. The van der Waals surface area contributed by atoms with E-state index in [0.717, 1.165) is 37.3 Å². The fourth-order valence-corrected chi connectivity index (χ4v) is 2.38. The summed E-state index contributed by atoms with van der Waals surface area (Å²) in [4.78, 5) is 2.21. The number of β-amino-alcohol motifs (C(OH)–C–C–N with tert-alkyl or cyclic N) is 1. The molecule has 4 nitrogen and oxygen atoms in total. The van der Waals surface area contributed by atoms with E-state index < -0.39 is 5.54 Å². The second-order valence-corrected chi connectivity index (χ2v) is 5.22. The number of hydrogen-bond acceptors (Lipinski definition) is 4. The number of nitrogen functional groups attached to an aromatic ring is 1. The maximum absolute atomic E-state index is 9.50. The highest BCUT2D eigenvalue weighted by molar-refractivity contribution is 5.41. The Labute approximate surface area is 102 Å². The van der Waals surface area contributed by atoms with Crippen molar-refractivity contribution in [3.63, 3.8) is 0 Å². The van der Waals surface area contributed by atoms with E-state index in [0.29, 0.717) is 0 Å². The van der Waals surface area contributed by atoms with E-state index in [9.17, 15) is 5.11 Å². The van der Waals surface area contributed by atoms with Gasteiger partial charge in [0.15, 0.2) is 0 Å². The zero-order valence-corrected chi connectivity index (χ0v) is 10.3. The van der Waals surface area contributed by atoms with Crippen molar-refractivity contribution in [1.29, 1.82) is 0 Å². The predicted octanol–water partition coefficient (Wildman–Crippen LogP) is 0.509. The van der Waals surface area contributed by atoms with Crippen LogP contribution in [0.5, 0.6) is 0 Å². The minimum Gasteiger partial charge on any atom is -0.399 e. The number of hydrogen-bond donors (Lipinski definition) is 3. The molecule has 0 saturated carbocycles. The second kappa shape index (κ2) is 4.64. The van der Waals surface area contributed by atoms with E-state index in [1.807, 2.05) is 31.2 Å². The summed E-state index contributed by atoms with van der Waals surface area (Å²) in [5.74, 6) is 0. The first kappa shape index (κ1) is 12.4. The normalized spacial score (nSPS) is 24.8. The van der Waals surface area contributed by atoms with Crippen LogP contribution >= 0.6 is 0 Å². The van der Waals surface area contributed by atoms with Crippen LogP contribution in [0.3, 0.4) is 0 Å². The molecule has 1 fully saturated rings. The molecule has 1 heterocycles. The smallest absolute Gasteiger partial charge is 0.0679 e. The van der Waals surface area contributed by atoms with Crippen LogP contribution in [0.2, 0.25) is 0 Å². The molecule has 2 atom stereocenters. The van der Waals surface area contributed by atoms with E-state index >= 15 is 0 Å². The summed E-state index contributed by atoms with van der Waals surface area (Å²) in [6.45, 7) is 4.42. The summed E-state index contributed by atoms with van der Waals surface area (Å²) in [7, 11) is 0. The minimum absolute atomic E-state index is 0.197. The Kier molecular flexibility index (Phi) is 3.38. The molecular weight excluding hydrogens is 214 g/mol. The van der Waals surface area contributed by atoms with Crippen LogP contribution in [-0.2, 0) is 5.54 Å². The lowest BCUT2D eigenvalue weighted by atomic mass is 9.92. The van der Waals surface area contributed by atoms with Crippen LogP contribution < -0.4 is 11.5 Å². The lowest BCUT2D eigenvalue weighted by Gasteiger charge is -2.30. The highest BCUT2D eigenvalue weighted by Crippen LogP contribution is 2.22. The van der Waals surface area contributed by atoms with Crippen molar-refractivity contribution in [2.75, 3.05) is 25.4 Å². The van der Waals surface area contributed by atoms with E-state index in [1.54, 1.807) is 0 Å². The van der Waals surface area contributed by atoms with Crippen molar-refractivity contribution in [3.8, 4) is 0 Å². The molecule has 4 heteroatoms. The first-order valence-corrected chi connectivity index (χ1v) is 6.03. The molecule has 0 radical (unpaired) electrons. The van der Waals surface area contributed by atoms with E-state index in [4.69, 9.17) is 11.5 Å². The Morgan fingerprint density at radius 1 is 1.41 bits per heavy atom. The highest BCUT2D eigenvalue weighted by atomic mass is 16.3. The van der Waals surface area contributed by atoms with Crippen LogP contribution in [-0.4, -0.2) is 35.7 Å². The quantitative estimate of drug-likeness (QED) is 0.667. The van der Waals surface area contributed by atoms with Crippen LogP contribution in [0.4, 0.5) is 5.69 Å². The molecule has 0 bridgehead atoms. The Bertz CT molecular complexity index is 375. The zero-order chi connectivity index (χ0) is 12.5. The van der Waals surface area contributed by atoms with Gasteiger partial charge in [-0.3, -0.25) is 4.90 Å². The van der Waals surface area contributed by atoms with Gasteiger partial charge in [0, 0.05) is 25.3 Å². The average molecular weight is 235 g/mol. The standard InChI is InChI=1S/C13H21N3O/c1-13(15,9-16-7-6-12(17)8-16)10-2-4-11(14)5-3-10/h2-5,12,17H,6-9,14-15H2,1H3/t12-,13+/m0/s1. The zero-order valence-electron chi connectivity index (χ0n) is 10.3. The molecule has 0 aromatic heterocycles. The van der Waals surface area contributed by atoms with E-state index in [2.05, 4.69) is 4.90 Å². The number of likely N-dealkylation sites (tertiary alicyclic amines) is 1. The van der Waals surface area contributed by atoms with Gasteiger partial charge in [0.1, 0.15) is 0 Å². The van der Waals surface area contributed by atoms with Gasteiger partial charge >= 0.3 is 0 Å². The summed E-state index contributed by atoms with van der Waals surface area (Å²) in [6.07, 6.45) is 0.648. The van der Waals surface area contributed by atoms with Gasteiger partial charge in [0.2, 0.25) is 0 Å². The summed E-state index contributed by atoms with van der Waals surface area (Å²) < 4.78 is 0. The van der Waals surface area contributed by atoms with Gasteiger partial charge in [-0.15, -0.1) is 0 Å². The van der Waals surface area contributed by atoms with Crippen LogP contribution in [0.1, 0.15) is 18.9 Å². The third kappa shape index (κ3) is 2.97. The number of nitrogens with zero attached hydrogens (tertiary/aromatic N) is 1. The third-order valence-corrected chi connectivity index (χ3v) is 3.37. The second-order valence-electron chi connectivity index (χ2n) is 5.22. The fourth-order valence-electron chi connectivity index (χ4n) is 2.38. The van der Waals surface area contributed by atoms with Gasteiger partial charge in [-0.2, -0.15) is 0 Å². The first-order chi connectivity index (χ1) is 7.97. The Morgan fingerprint density at radius 3 is 2.59 bits per heavy atom. The van der Waals surface area contributed by atoms with Crippen LogP contribution in [0.25, 0.3) is 0 Å². The SMILES string of the molecule is C[C@@](N)(CN1CC[C@H](O)C1)c1ccc(N)cc1. The van der Waals surface area contributed by atoms with Crippen LogP contribution in [0, 0.1) is 0 Å². The number of nitrogens with two attached hydrogens (primary N) is 2. The van der Waals surface area contributed by atoms with E-state index in [1.165, 1.54) is 0 Å². The first-order valence-electron chi connectivity index (χ1n) is 6.03. The molecule has 94 valence electrons. The van der Waals surface area contributed by atoms with Crippen molar-refractivity contribution in [1.82, 2.24) is 4.90 Å². The average Bonchev–Trinajstić information content (AvgIpc) is 2.63. The molecule has 1 aliphatic heterocycles. The molecule has 1 aromatic carbocycles. The largest absolute Gasteiger partial charge is 0.399 e. The van der Waals surface area contributed by atoms with Gasteiger partial charge in [-0.05, 0) is 31.0 Å². The lowest BCUT2D eigenvalue weighted by Crippen LogP contribution is -2.44. The number of benzene rings is 1. The fraction of sp³-hybridized carbons (Fsp3) is 0.538. The molecule has 1 aromatic rings. The molecule has 0 spiro atoms. The molecule has 17 heavy (non-hydrogen) atoms. The van der Waals surface area contributed by atoms with Gasteiger partial charge in [0.25, 0.3) is 0 Å². The van der Waals surface area contributed by atoms with Gasteiger partial charge in [-0.25, -0.2) is 0 Å². The molecule has 2 rings (SSSR count). The van der Waals surface area contributed by atoms with Crippen molar-refractivity contribution >= 4 is 5.69 Å². The van der Waals surface area contributed by atoms with Gasteiger partial charge < -0.3 is 16.6 Å². The number of rotatable bonds is 3. The summed E-state index contributed by atoms with van der Waals surface area (Å²) in [5, 5.41) is 9.50. The molecular formula is C13H21N3O. The van der Waals surface area contributed by atoms with Crippen molar-refractivity contribution < 1.29 is 5.11 Å². The molecule has 1 aliphatic rings. The molecule has 1 saturated heterocycles. The molecule has 0 amide bonds. The number of anilines is 1. The number of aliphatic hydroxyl groups is 1. The number of aliphatic hydroxyl groups excluding tert-OH is 1. The van der Waals surface area contributed by atoms with Gasteiger partial charge in [-0.1, -0.05) is 12.1 Å². The summed E-state index contributed by atoms with van der Waals surface area (Å²) in [6, 6.07) is 7.70. The highest BCUT2D eigenvalue weighted by Gasteiger charge is 2.28. The Hall–Kier alpha value is -1.10. The van der Waals surface area contributed by atoms with Crippen molar-refractivity contribution in [2.45, 2.75) is 25.0 Å². The lowest BCUT2D eigenvalue weighted by molar-refractivity contribution is 0.167. The summed E-state index contributed by atoms with van der Waals surface area (Å²) >= 11 is 0. The summed E-state index contributed by atoms with van der Waals surface area (Å²) in [5.41, 5.74) is 13.4. The topological polar surface area (TPSA) is 75.5 Å². The molecule has 0 aliphatic carbocycles. The van der Waals surface area contributed by atoms with Gasteiger partial charge in [0.05, 0.1) is 11.6 Å². The predicted molar refractivity (Wildman–Crippen MR) is 69.5 cm³/mol. The molecule has 5 N–H and O–H groups in total.